The summed E-state index contributed by atoms with van der Waals surface area (Å²) in [6.07, 6.45) is 2.53. The van der Waals surface area contributed by atoms with Crippen LogP contribution in [-0.4, -0.2) is 55.6 Å². The van der Waals surface area contributed by atoms with Crippen molar-refractivity contribution in [2.45, 2.75) is 25.8 Å². The maximum Gasteiger partial charge on any atom is 0.227 e. The maximum atomic E-state index is 13.3. The van der Waals surface area contributed by atoms with Gasteiger partial charge in [-0.05, 0) is 79.5 Å². The molecule has 3 aromatic carbocycles. The fraction of sp³-hybridized carbons (Fsp3) is 0.367. The summed E-state index contributed by atoms with van der Waals surface area (Å²) in [5.41, 5.74) is 3.63. The van der Waals surface area contributed by atoms with Gasteiger partial charge in [0.25, 0.3) is 0 Å². The molecule has 5 rings (SSSR count). The Kier molecular flexibility index (Phi) is 7.96. The van der Waals surface area contributed by atoms with Crippen molar-refractivity contribution in [1.82, 2.24) is 9.80 Å². The predicted octanol–water partition coefficient (Wildman–Crippen LogP) is 5.83. The third kappa shape index (κ3) is 6.43. The number of hydrogen-bond donors (Lipinski definition) is 0. The second-order valence-electron chi connectivity index (χ2n) is 10.0. The molecule has 1 unspecified atom stereocenters. The van der Waals surface area contributed by atoms with E-state index in [9.17, 15) is 9.18 Å². The van der Waals surface area contributed by atoms with Crippen LogP contribution in [0.3, 0.4) is 0 Å². The Morgan fingerprint density at radius 1 is 1.11 bits per heavy atom. The third-order valence-corrected chi connectivity index (χ3v) is 7.31. The number of halogens is 2. The lowest BCUT2D eigenvalue weighted by Crippen LogP contribution is -2.34. The van der Waals surface area contributed by atoms with E-state index in [1.807, 2.05) is 30.3 Å². The number of likely N-dealkylation sites (tertiary alicyclic amines) is 1. The lowest BCUT2D eigenvalue weighted by Gasteiger charge is -2.29. The van der Waals surface area contributed by atoms with Crippen molar-refractivity contribution in [3.05, 3.63) is 82.6 Å². The van der Waals surface area contributed by atoms with E-state index < -0.39 is 0 Å². The molecule has 7 heteroatoms. The number of fused-ring (bicyclic) bond motifs is 1. The summed E-state index contributed by atoms with van der Waals surface area (Å²) < 4.78 is 25.9. The van der Waals surface area contributed by atoms with E-state index in [1.165, 1.54) is 18.6 Å². The summed E-state index contributed by atoms with van der Waals surface area (Å²) in [5.74, 6) is 1.53. The number of benzene rings is 3. The minimum absolute atomic E-state index is 0.0241. The van der Waals surface area contributed by atoms with Crippen molar-refractivity contribution in [2.24, 2.45) is 5.92 Å². The van der Waals surface area contributed by atoms with Crippen LogP contribution in [0.4, 0.5) is 4.39 Å². The summed E-state index contributed by atoms with van der Waals surface area (Å²) in [5, 5.41) is 0.660. The van der Waals surface area contributed by atoms with Crippen LogP contribution >= 0.6 is 11.6 Å². The van der Waals surface area contributed by atoms with Crippen LogP contribution in [0, 0.1) is 11.7 Å². The smallest absolute Gasteiger partial charge is 0.227 e. The number of hydrogen-bond acceptors (Lipinski definition) is 4. The Balaban J connectivity index is 1.42. The minimum atomic E-state index is -0.311. The van der Waals surface area contributed by atoms with E-state index in [4.69, 9.17) is 21.1 Å². The maximum absolute atomic E-state index is 13.3. The monoisotopic (exact) mass is 522 g/mol. The Morgan fingerprint density at radius 2 is 1.95 bits per heavy atom. The molecule has 194 valence electrons. The van der Waals surface area contributed by atoms with Gasteiger partial charge < -0.3 is 19.3 Å². The molecule has 2 aliphatic rings. The third-order valence-electron chi connectivity index (χ3n) is 7.08. The van der Waals surface area contributed by atoms with Crippen molar-refractivity contribution < 1.29 is 18.7 Å². The summed E-state index contributed by atoms with van der Waals surface area (Å²) in [4.78, 5) is 17.3. The highest BCUT2D eigenvalue weighted by atomic mass is 35.5. The van der Waals surface area contributed by atoms with Crippen LogP contribution in [0.5, 0.6) is 11.5 Å². The molecule has 1 amide bonds. The molecule has 1 fully saturated rings. The number of piperidine rings is 1. The Labute approximate surface area is 222 Å². The van der Waals surface area contributed by atoms with Crippen LogP contribution in [0.1, 0.15) is 24.0 Å². The van der Waals surface area contributed by atoms with E-state index in [0.717, 1.165) is 41.8 Å². The molecule has 1 saturated heterocycles. The zero-order valence-electron chi connectivity index (χ0n) is 21.1. The summed E-state index contributed by atoms with van der Waals surface area (Å²) in [6, 6.07) is 17.9. The quantitative estimate of drug-likeness (QED) is 0.408. The number of amides is 1. The molecule has 37 heavy (non-hydrogen) atoms. The van der Waals surface area contributed by atoms with Gasteiger partial charge in [0.1, 0.15) is 12.4 Å². The first-order chi connectivity index (χ1) is 17.9. The molecule has 0 aromatic heterocycles. The Bertz CT molecular complexity index is 1250. The molecule has 2 heterocycles. The first-order valence-corrected chi connectivity index (χ1v) is 13.2. The molecule has 5 nitrogen and oxygen atoms in total. The number of carbonyl (C=O) groups is 1. The van der Waals surface area contributed by atoms with E-state index in [2.05, 4.69) is 18.0 Å². The molecule has 0 N–H and O–H groups in total. The van der Waals surface area contributed by atoms with Gasteiger partial charge in [-0.25, -0.2) is 4.39 Å². The van der Waals surface area contributed by atoms with E-state index >= 15 is 0 Å². The van der Waals surface area contributed by atoms with Gasteiger partial charge >= 0.3 is 0 Å². The van der Waals surface area contributed by atoms with Crippen LogP contribution < -0.4 is 9.47 Å². The molecule has 0 saturated carbocycles. The SMILES string of the molecule is CN1CCCC(COc2cc(-c3cccc(Cl)c3)cc3c2OCCN(C(=O)Cc2ccc(F)cc2)C3)C1. The second-order valence-corrected chi connectivity index (χ2v) is 10.5. The van der Waals surface area contributed by atoms with Gasteiger partial charge in [0, 0.05) is 29.6 Å². The van der Waals surface area contributed by atoms with Crippen molar-refractivity contribution in [3.63, 3.8) is 0 Å². The van der Waals surface area contributed by atoms with Gasteiger partial charge in [0.2, 0.25) is 5.91 Å². The van der Waals surface area contributed by atoms with Crippen molar-refractivity contribution in [1.29, 1.82) is 0 Å². The number of carbonyl (C=O) groups excluding carboxylic acids is 1. The summed E-state index contributed by atoms with van der Waals surface area (Å²) in [6.45, 7) is 4.01. The fourth-order valence-corrected chi connectivity index (χ4v) is 5.33. The van der Waals surface area contributed by atoms with Crippen LogP contribution in [0.25, 0.3) is 11.1 Å². The lowest BCUT2D eigenvalue weighted by molar-refractivity contribution is -0.131. The fourth-order valence-electron chi connectivity index (χ4n) is 5.14. The molecule has 1 atom stereocenters. The molecule has 0 bridgehead atoms. The second kappa shape index (κ2) is 11.5. The highest BCUT2D eigenvalue weighted by Crippen LogP contribution is 2.39. The van der Waals surface area contributed by atoms with Gasteiger partial charge in [0.15, 0.2) is 11.5 Å². The first-order valence-electron chi connectivity index (χ1n) is 12.8. The van der Waals surface area contributed by atoms with Gasteiger partial charge in [-0.15, -0.1) is 0 Å². The largest absolute Gasteiger partial charge is 0.489 e. The van der Waals surface area contributed by atoms with Gasteiger partial charge in [-0.3, -0.25) is 4.79 Å². The molecule has 0 spiro atoms. The number of nitrogens with zero attached hydrogens (tertiary/aromatic N) is 2. The molecular weight excluding hydrogens is 491 g/mol. The van der Waals surface area contributed by atoms with Crippen LogP contribution in [0.15, 0.2) is 60.7 Å². The van der Waals surface area contributed by atoms with Gasteiger partial charge in [-0.1, -0.05) is 35.9 Å². The summed E-state index contributed by atoms with van der Waals surface area (Å²) >= 11 is 6.29. The average molecular weight is 523 g/mol. The van der Waals surface area contributed by atoms with Crippen LogP contribution in [-0.2, 0) is 17.8 Å². The predicted molar refractivity (Wildman–Crippen MR) is 144 cm³/mol. The van der Waals surface area contributed by atoms with E-state index in [-0.39, 0.29) is 18.1 Å². The Hall–Kier alpha value is -3.09. The highest BCUT2D eigenvalue weighted by Gasteiger charge is 2.25. The van der Waals surface area contributed by atoms with E-state index in [1.54, 1.807) is 17.0 Å². The lowest BCUT2D eigenvalue weighted by atomic mass is 9.99. The minimum Gasteiger partial charge on any atom is -0.489 e. The van der Waals surface area contributed by atoms with E-state index in [0.29, 0.717) is 48.7 Å². The average Bonchev–Trinajstić information content (AvgIpc) is 3.11. The van der Waals surface area contributed by atoms with Gasteiger partial charge in [0.05, 0.1) is 19.6 Å². The standard InChI is InChI=1S/C30H32ClFN2O3/c1-33-11-3-4-22(18-33)20-37-28-17-24(23-5-2-6-26(31)16-23)15-25-19-34(12-13-36-30(25)28)29(35)14-21-7-9-27(32)10-8-21/h2,5-10,15-17,22H,3-4,11-14,18-20H2,1H3. The topological polar surface area (TPSA) is 42.0 Å². The summed E-state index contributed by atoms with van der Waals surface area (Å²) in [7, 11) is 2.15. The van der Waals surface area contributed by atoms with Gasteiger partial charge in [-0.2, -0.15) is 0 Å². The van der Waals surface area contributed by atoms with Crippen molar-refractivity contribution >= 4 is 17.5 Å². The molecule has 0 aliphatic carbocycles. The first kappa shape index (κ1) is 25.6. The number of rotatable bonds is 6. The normalized spacial score (nSPS) is 18.0. The number of ether oxygens (including phenoxy) is 2. The van der Waals surface area contributed by atoms with Crippen LogP contribution in [0.2, 0.25) is 5.02 Å². The Morgan fingerprint density at radius 3 is 2.73 bits per heavy atom. The van der Waals surface area contributed by atoms with Crippen molar-refractivity contribution in [2.75, 3.05) is 39.9 Å². The zero-order chi connectivity index (χ0) is 25.8. The molecular formula is C30H32ClFN2O3. The van der Waals surface area contributed by atoms with Crippen molar-refractivity contribution in [3.8, 4) is 22.6 Å². The zero-order valence-corrected chi connectivity index (χ0v) is 21.8. The molecule has 0 radical (unpaired) electrons. The molecule has 2 aliphatic heterocycles. The molecule has 3 aromatic rings. The highest BCUT2D eigenvalue weighted by molar-refractivity contribution is 6.30.